The predicted molar refractivity (Wildman–Crippen MR) is 11.5 cm³/mol. The summed E-state index contributed by atoms with van der Waals surface area (Å²) in [5.74, 6) is 0. The summed E-state index contributed by atoms with van der Waals surface area (Å²) < 4.78 is 0. The van der Waals surface area contributed by atoms with Crippen LogP contribution in [-0.2, 0) is 43.6 Å². The van der Waals surface area contributed by atoms with Crippen molar-refractivity contribution in [3.05, 3.63) is 0 Å². The zero-order valence-electron chi connectivity index (χ0n) is 1.99. The second-order valence-electron chi connectivity index (χ2n) is 0. The quantitative estimate of drug-likeness (QED) is 0.449. The van der Waals surface area contributed by atoms with Crippen molar-refractivity contribution in [2.75, 3.05) is 0 Å². The molecule has 0 heterocycles. The van der Waals surface area contributed by atoms with Gasteiger partial charge >= 0.3 is 0 Å². The maximum Gasteiger partial charge on any atom is 0 e. The van der Waals surface area contributed by atoms with Crippen LogP contribution < -0.4 is 0 Å². The molecular formula is AlCrSiZr. The second-order valence-corrected chi connectivity index (χ2v) is 0. The first kappa shape index (κ1) is 35.1. The zero-order chi connectivity index (χ0) is 0. The largest absolute Gasteiger partial charge is 0 e. The number of hydrogen-bond acceptors (Lipinski definition) is 0. The standard InChI is InChI=1S/Al.Cr.Si.Zr. The van der Waals surface area contributed by atoms with Gasteiger partial charge < -0.3 is 0 Å². The van der Waals surface area contributed by atoms with Gasteiger partial charge in [-0.1, -0.05) is 0 Å². The SMILES string of the molecule is [Al].[Cr].[Si].[Zr]. The van der Waals surface area contributed by atoms with Crippen LogP contribution in [0, 0.1) is 0 Å². The van der Waals surface area contributed by atoms with E-state index in [9.17, 15) is 0 Å². The van der Waals surface area contributed by atoms with Crippen LogP contribution in [0.2, 0.25) is 0 Å². The molecule has 0 aliphatic heterocycles. The smallest absolute Gasteiger partial charge is 0 e. The molecule has 0 saturated heterocycles. The predicted octanol–water partition coefficient (Wildman–Crippen LogP) is -0.767. The second kappa shape index (κ2) is 19.1. The topological polar surface area (TPSA) is 0 Å². The van der Waals surface area contributed by atoms with Gasteiger partial charge in [0.1, 0.15) is 0 Å². The van der Waals surface area contributed by atoms with Crippen molar-refractivity contribution in [3.8, 4) is 0 Å². The first-order valence-corrected chi connectivity index (χ1v) is 0. The Hall–Kier alpha value is 2.16. The van der Waals surface area contributed by atoms with E-state index in [4.69, 9.17) is 0 Å². The average molecular weight is 198 g/mol. The Morgan fingerprint density at radius 2 is 1.00 bits per heavy atom. The van der Waals surface area contributed by atoms with E-state index in [0.29, 0.717) is 0 Å². The van der Waals surface area contributed by atoms with Crippen LogP contribution in [0.3, 0.4) is 0 Å². The van der Waals surface area contributed by atoms with Gasteiger partial charge in [-0.3, -0.25) is 0 Å². The molecule has 0 bridgehead atoms. The molecule has 0 aromatic heterocycles. The van der Waals surface area contributed by atoms with E-state index < -0.39 is 0 Å². The van der Waals surface area contributed by atoms with Gasteiger partial charge in [-0.05, 0) is 0 Å². The molecule has 0 aromatic rings. The van der Waals surface area contributed by atoms with Gasteiger partial charge in [0, 0.05) is 71.9 Å². The molecule has 0 saturated carbocycles. The summed E-state index contributed by atoms with van der Waals surface area (Å²) in [7, 11) is 0. The monoisotopic (exact) mass is 197 g/mol. The Bertz CT molecular complexity index is 8.00. The maximum atomic E-state index is 0. The van der Waals surface area contributed by atoms with Crippen molar-refractivity contribution in [2.45, 2.75) is 0 Å². The van der Waals surface area contributed by atoms with Crippen molar-refractivity contribution in [3.63, 3.8) is 0 Å². The van der Waals surface area contributed by atoms with Crippen LogP contribution in [-0.4, -0.2) is 28.3 Å². The molecule has 17 valence electrons. The minimum Gasteiger partial charge on any atom is 0 e. The minimum absolute atomic E-state index is 0. The molecule has 7 radical (unpaired) electrons. The third-order valence-corrected chi connectivity index (χ3v) is 0. The Morgan fingerprint density at radius 1 is 1.00 bits per heavy atom. The van der Waals surface area contributed by atoms with E-state index >= 15 is 0 Å². The van der Waals surface area contributed by atoms with Crippen molar-refractivity contribution in [1.82, 2.24) is 0 Å². The van der Waals surface area contributed by atoms with E-state index in [2.05, 4.69) is 0 Å². The molecule has 0 amide bonds. The van der Waals surface area contributed by atoms with Crippen LogP contribution in [0.1, 0.15) is 0 Å². The van der Waals surface area contributed by atoms with Crippen molar-refractivity contribution in [1.29, 1.82) is 0 Å². The van der Waals surface area contributed by atoms with Gasteiger partial charge in [0.15, 0.2) is 0 Å². The molecule has 0 aliphatic carbocycles. The van der Waals surface area contributed by atoms with Crippen LogP contribution >= 0.6 is 0 Å². The molecule has 0 rings (SSSR count). The molecule has 4 heavy (non-hydrogen) atoms. The fourth-order valence-corrected chi connectivity index (χ4v) is 0. The van der Waals surface area contributed by atoms with Gasteiger partial charge in [0.2, 0.25) is 0 Å². The van der Waals surface area contributed by atoms with Crippen molar-refractivity contribution in [2.24, 2.45) is 0 Å². The minimum atomic E-state index is 0. The normalized spacial score (nSPS) is 0. The van der Waals surface area contributed by atoms with Crippen LogP contribution in [0.5, 0.6) is 0 Å². The van der Waals surface area contributed by atoms with Gasteiger partial charge in [-0.15, -0.1) is 0 Å². The summed E-state index contributed by atoms with van der Waals surface area (Å²) in [6.45, 7) is 0. The van der Waals surface area contributed by atoms with Crippen molar-refractivity contribution >= 4 is 28.3 Å². The molecule has 0 atom stereocenters. The average Bonchev–Trinajstić information content (AvgIpc) is 0. The molecule has 0 spiro atoms. The Balaban J connectivity index is 0. The summed E-state index contributed by atoms with van der Waals surface area (Å²) in [5, 5.41) is 0. The van der Waals surface area contributed by atoms with E-state index in [0.717, 1.165) is 0 Å². The summed E-state index contributed by atoms with van der Waals surface area (Å²) in [6.07, 6.45) is 0. The fourth-order valence-electron chi connectivity index (χ4n) is 0. The number of rotatable bonds is 0. The van der Waals surface area contributed by atoms with Gasteiger partial charge in [0.25, 0.3) is 0 Å². The van der Waals surface area contributed by atoms with Gasteiger partial charge in [-0.25, -0.2) is 0 Å². The third-order valence-electron chi connectivity index (χ3n) is 0. The molecular weight excluding hydrogens is 198 g/mol. The Kier molecular flexibility index (Phi) is 168. The molecule has 0 fully saturated rings. The first-order valence-electron chi connectivity index (χ1n) is 0. The molecule has 0 N–H and O–H groups in total. The summed E-state index contributed by atoms with van der Waals surface area (Å²) in [4.78, 5) is 0. The van der Waals surface area contributed by atoms with Crippen LogP contribution in [0.25, 0.3) is 0 Å². The van der Waals surface area contributed by atoms with E-state index in [1.54, 1.807) is 0 Å². The summed E-state index contributed by atoms with van der Waals surface area (Å²) in [6, 6.07) is 0. The molecule has 0 aromatic carbocycles. The Morgan fingerprint density at radius 3 is 1.00 bits per heavy atom. The fraction of sp³-hybridized carbons (Fsp3) is 0. The third kappa shape index (κ3) is 8.90. The molecule has 0 nitrogen and oxygen atoms in total. The van der Waals surface area contributed by atoms with Gasteiger partial charge in [-0.2, -0.15) is 0 Å². The summed E-state index contributed by atoms with van der Waals surface area (Å²) >= 11 is 0. The van der Waals surface area contributed by atoms with Gasteiger partial charge in [0.05, 0.1) is 0 Å². The molecule has 4 heteroatoms. The Labute approximate surface area is 71.1 Å². The van der Waals surface area contributed by atoms with E-state index in [1.165, 1.54) is 0 Å². The van der Waals surface area contributed by atoms with Crippen LogP contribution in [0.4, 0.5) is 0 Å². The van der Waals surface area contributed by atoms with Crippen molar-refractivity contribution < 1.29 is 43.6 Å². The molecule has 0 aliphatic rings. The molecule has 0 unspecified atom stereocenters. The van der Waals surface area contributed by atoms with Crippen LogP contribution in [0.15, 0.2) is 0 Å². The first-order chi connectivity index (χ1) is 0. The van der Waals surface area contributed by atoms with E-state index in [1.807, 2.05) is 0 Å². The summed E-state index contributed by atoms with van der Waals surface area (Å²) in [5.41, 5.74) is 0. The van der Waals surface area contributed by atoms with E-state index in [-0.39, 0.29) is 71.9 Å². The maximum absolute atomic E-state index is 0. The number of hydrogen-bond donors (Lipinski definition) is 0. The zero-order valence-corrected chi connectivity index (χ0v) is 7.87.